The summed E-state index contributed by atoms with van der Waals surface area (Å²) in [6.07, 6.45) is 5.64. The van der Waals surface area contributed by atoms with Crippen LogP contribution < -0.4 is 0 Å². The first-order valence-electron chi connectivity index (χ1n) is 12.0. The SMILES string of the molecule is CCCc1ccc(CCc2ccc(-c3ccc(C[C@H](C)c4ccccc4)cc3)cc2)cc1. The van der Waals surface area contributed by atoms with Crippen LogP contribution in [0.4, 0.5) is 0 Å². The van der Waals surface area contributed by atoms with Crippen molar-refractivity contribution in [1.82, 2.24) is 0 Å². The fraction of sp³-hybridized carbons (Fsp3) is 0.250. The van der Waals surface area contributed by atoms with Gasteiger partial charge in [-0.05, 0) is 70.5 Å². The van der Waals surface area contributed by atoms with Crippen molar-refractivity contribution in [3.63, 3.8) is 0 Å². The van der Waals surface area contributed by atoms with Crippen LogP contribution >= 0.6 is 0 Å². The molecule has 4 aromatic rings. The van der Waals surface area contributed by atoms with Crippen LogP contribution in [0.2, 0.25) is 0 Å². The number of benzene rings is 4. The lowest BCUT2D eigenvalue weighted by atomic mass is 9.92. The van der Waals surface area contributed by atoms with E-state index >= 15 is 0 Å². The second-order valence-corrected chi connectivity index (χ2v) is 8.98. The molecule has 0 radical (unpaired) electrons. The maximum Gasteiger partial charge on any atom is -0.0150 e. The molecule has 4 rings (SSSR count). The lowest BCUT2D eigenvalue weighted by Gasteiger charge is -2.12. The predicted octanol–water partition coefficient (Wildman–Crippen LogP) is 8.44. The molecule has 0 aliphatic carbocycles. The molecule has 162 valence electrons. The minimum Gasteiger partial charge on any atom is -0.0651 e. The normalized spacial score (nSPS) is 11.9. The molecule has 0 bridgehead atoms. The van der Waals surface area contributed by atoms with E-state index in [1.165, 1.54) is 51.8 Å². The topological polar surface area (TPSA) is 0 Å². The van der Waals surface area contributed by atoms with Gasteiger partial charge in [-0.3, -0.25) is 0 Å². The number of hydrogen-bond acceptors (Lipinski definition) is 0. The van der Waals surface area contributed by atoms with Gasteiger partial charge in [0, 0.05) is 0 Å². The lowest BCUT2D eigenvalue weighted by Crippen LogP contribution is -1.98. The lowest BCUT2D eigenvalue weighted by molar-refractivity contribution is 0.759. The fourth-order valence-electron chi connectivity index (χ4n) is 4.40. The van der Waals surface area contributed by atoms with Crippen LogP contribution in [0.15, 0.2) is 103 Å². The van der Waals surface area contributed by atoms with Crippen molar-refractivity contribution in [3.8, 4) is 11.1 Å². The van der Waals surface area contributed by atoms with Gasteiger partial charge in [0.25, 0.3) is 0 Å². The standard InChI is InChI=1S/C32H34/c1-3-7-26-10-12-27(13-11-26)14-15-28-16-20-31(21-17-28)32-22-18-29(19-23-32)24-25(2)30-8-5-4-6-9-30/h4-6,8-13,16-23,25H,3,7,14-15,24H2,1-2H3/t25-/m0/s1. The summed E-state index contributed by atoms with van der Waals surface area (Å²) in [6, 6.07) is 38.1. The molecule has 0 heterocycles. The molecule has 0 spiro atoms. The molecule has 0 saturated heterocycles. The third kappa shape index (κ3) is 5.98. The minimum atomic E-state index is 0.532. The maximum absolute atomic E-state index is 2.31. The number of rotatable bonds is 9. The van der Waals surface area contributed by atoms with E-state index in [1.807, 2.05) is 0 Å². The zero-order valence-corrected chi connectivity index (χ0v) is 19.4. The molecule has 0 nitrogen and oxygen atoms in total. The van der Waals surface area contributed by atoms with Crippen molar-refractivity contribution < 1.29 is 0 Å². The Morgan fingerprint density at radius 2 is 0.938 bits per heavy atom. The Bertz CT molecular complexity index is 1070. The molecule has 0 saturated carbocycles. The van der Waals surface area contributed by atoms with Gasteiger partial charge in [0.15, 0.2) is 0 Å². The summed E-state index contributed by atoms with van der Waals surface area (Å²) in [6.45, 7) is 4.54. The predicted molar refractivity (Wildman–Crippen MR) is 138 cm³/mol. The first kappa shape index (κ1) is 22.1. The van der Waals surface area contributed by atoms with Gasteiger partial charge < -0.3 is 0 Å². The summed E-state index contributed by atoms with van der Waals surface area (Å²) >= 11 is 0. The Morgan fingerprint density at radius 1 is 0.500 bits per heavy atom. The third-order valence-corrected chi connectivity index (χ3v) is 6.42. The summed E-state index contributed by atoms with van der Waals surface area (Å²) in [7, 11) is 0. The number of aryl methyl sites for hydroxylation is 3. The molecular weight excluding hydrogens is 384 g/mol. The Morgan fingerprint density at radius 3 is 1.44 bits per heavy atom. The minimum absolute atomic E-state index is 0.532. The Kier molecular flexibility index (Phi) is 7.56. The van der Waals surface area contributed by atoms with Gasteiger partial charge in [0.1, 0.15) is 0 Å². The fourth-order valence-corrected chi connectivity index (χ4v) is 4.40. The molecule has 0 aromatic heterocycles. The van der Waals surface area contributed by atoms with Crippen LogP contribution in [-0.4, -0.2) is 0 Å². The first-order chi connectivity index (χ1) is 15.7. The highest BCUT2D eigenvalue weighted by Gasteiger charge is 2.07. The monoisotopic (exact) mass is 418 g/mol. The Hall–Kier alpha value is -3.12. The van der Waals surface area contributed by atoms with Crippen LogP contribution in [-0.2, 0) is 25.7 Å². The zero-order chi connectivity index (χ0) is 22.2. The summed E-state index contributed by atoms with van der Waals surface area (Å²) < 4.78 is 0. The Balaban J connectivity index is 1.33. The van der Waals surface area contributed by atoms with Crippen molar-refractivity contribution in [2.45, 2.75) is 51.9 Å². The van der Waals surface area contributed by atoms with Gasteiger partial charge in [-0.15, -0.1) is 0 Å². The van der Waals surface area contributed by atoms with Crippen LogP contribution in [0.3, 0.4) is 0 Å². The average molecular weight is 419 g/mol. The van der Waals surface area contributed by atoms with Crippen LogP contribution in [0, 0.1) is 0 Å². The van der Waals surface area contributed by atoms with Crippen molar-refractivity contribution >= 4 is 0 Å². The molecule has 0 N–H and O–H groups in total. The van der Waals surface area contributed by atoms with Gasteiger partial charge >= 0.3 is 0 Å². The Labute approximate surface area is 194 Å². The van der Waals surface area contributed by atoms with Crippen LogP contribution in [0.5, 0.6) is 0 Å². The average Bonchev–Trinajstić information content (AvgIpc) is 2.85. The molecule has 0 fully saturated rings. The van der Waals surface area contributed by atoms with Gasteiger partial charge in [0.2, 0.25) is 0 Å². The van der Waals surface area contributed by atoms with Crippen molar-refractivity contribution in [2.75, 3.05) is 0 Å². The van der Waals surface area contributed by atoms with Crippen LogP contribution in [0.1, 0.15) is 54.0 Å². The van der Waals surface area contributed by atoms with E-state index in [4.69, 9.17) is 0 Å². The molecule has 4 aromatic carbocycles. The highest BCUT2D eigenvalue weighted by Crippen LogP contribution is 2.24. The van der Waals surface area contributed by atoms with Gasteiger partial charge in [-0.2, -0.15) is 0 Å². The van der Waals surface area contributed by atoms with Gasteiger partial charge in [-0.25, -0.2) is 0 Å². The van der Waals surface area contributed by atoms with Crippen LogP contribution in [0.25, 0.3) is 11.1 Å². The van der Waals surface area contributed by atoms with Crippen molar-refractivity contribution in [2.24, 2.45) is 0 Å². The molecule has 0 aliphatic rings. The summed E-state index contributed by atoms with van der Waals surface area (Å²) in [4.78, 5) is 0. The molecule has 0 aliphatic heterocycles. The molecule has 0 heteroatoms. The van der Waals surface area contributed by atoms with E-state index in [0.717, 1.165) is 19.3 Å². The quantitative estimate of drug-likeness (QED) is 0.256. The molecule has 0 unspecified atom stereocenters. The molecule has 32 heavy (non-hydrogen) atoms. The van der Waals surface area contributed by atoms with E-state index in [9.17, 15) is 0 Å². The van der Waals surface area contributed by atoms with E-state index in [0.29, 0.717) is 5.92 Å². The van der Waals surface area contributed by atoms with E-state index in [1.54, 1.807) is 0 Å². The summed E-state index contributed by atoms with van der Waals surface area (Å²) in [5.41, 5.74) is 9.66. The smallest absolute Gasteiger partial charge is 0.0150 e. The van der Waals surface area contributed by atoms with Crippen molar-refractivity contribution in [3.05, 3.63) is 131 Å². The van der Waals surface area contributed by atoms with E-state index in [2.05, 4.69) is 117 Å². The van der Waals surface area contributed by atoms with Gasteiger partial charge in [0.05, 0.1) is 0 Å². The number of hydrogen-bond donors (Lipinski definition) is 0. The van der Waals surface area contributed by atoms with Gasteiger partial charge in [-0.1, -0.05) is 123 Å². The first-order valence-corrected chi connectivity index (χ1v) is 12.0. The molecular formula is C32H34. The second kappa shape index (κ2) is 11.0. The summed E-state index contributed by atoms with van der Waals surface area (Å²) in [5, 5.41) is 0. The highest BCUT2D eigenvalue weighted by molar-refractivity contribution is 5.64. The second-order valence-electron chi connectivity index (χ2n) is 8.98. The van der Waals surface area contributed by atoms with E-state index in [-0.39, 0.29) is 0 Å². The van der Waals surface area contributed by atoms with Crippen molar-refractivity contribution in [1.29, 1.82) is 0 Å². The molecule has 1 atom stereocenters. The largest absolute Gasteiger partial charge is 0.0651 e. The molecule has 0 amide bonds. The van der Waals surface area contributed by atoms with E-state index < -0.39 is 0 Å². The summed E-state index contributed by atoms with van der Waals surface area (Å²) in [5.74, 6) is 0.532. The third-order valence-electron chi connectivity index (χ3n) is 6.42. The highest BCUT2D eigenvalue weighted by atomic mass is 14.1. The zero-order valence-electron chi connectivity index (χ0n) is 19.4. The maximum atomic E-state index is 2.31.